The number of thiocarbonyl (C=S) groups is 1. The van der Waals surface area contributed by atoms with Crippen molar-refractivity contribution in [3.05, 3.63) is 65.7 Å². The number of nitrogens with one attached hydrogen (secondary N) is 2. The molecule has 2 amide bonds. The number of anilines is 1. The first-order valence-corrected chi connectivity index (χ1v) is 12.1. The van der Waals surface area contributed by atoms with Crippen LogP contribution in [0.25, 0.3) is 0 Å². The minimum Gasteiger partial charge on any atom is -0.466 e. The van der Waals surface area contributed by atoms with Crippen LogP contribution in [0.15, 0.2) is 54.6 Å². The van der Waals surface area contributed by atoms with Crippen LogP contribution in [0.2, 0.25) is 0 Å². The number of nitrogens with zero attached hydrogens (tertiary/aromatic N) is 1. The van der Waals surface area contributed by atoms with Crippen molar-refractivity contribution in [3.63, 3.8) is 0 Å². The van der Waals surface area contributed by atoms with E-state index in [0.717, 1.165) is 45.2 Å². The molecule has 1 heterocycles. The van der Waals surface area contributed by atoms with Gasteiger partial charge in [-0.2, -0.15) is 0 Å². The van der Waals surface area contributed by atoms with Crippen LogP contribution in [0.5, 0.6) is 0 Å². The lowest BCUT2D eigenvalue weighted by Crippen LogP contribution is -2.37. The predicted octanol–water partition coefficient (Wildman–Crippen LogP) is 4.08. The van der Waals surface area contributed by atoms with Crippen molar-refractivity contribution in [2.24, 2.45) is 0 Å². The van der Waals surface area contributed by atoms with Gasteiger partial charge >= 0.3 is 5.97 Å². The van der Waals surface area contributed by atoms with E-state index in [1.165, 1.54) is 5.56 Å². The van der Waals surface area contributed by atoms with Gasteiger partial charge in [-0.1, -0.05) is 42.5 Å². The van der Waals surface area contributed by atoms with Crippen LogP contribution in [-0.4, -0.2) is 47.5 Å². The molecule has 0 aromatic heterocycles. The molecule has 180 valence electrons. The highest BCUT2D eigenvalue weighted by Gasteiger charge is 2.21. The van der Waals surface area contributed by atoms with Crippen molar-refractivity contribution in [1.82, 2.24) is 10.2 Å². The molecule has 7 nitrogen and oxygen atoms in total. The van der Waals surface area contributed by atoms with E-state index < -0.39 is 11.9 Å². The topological polar surface area (TPSA) is 87.7 Å². The summed E-state index contributed by atoms with van der Waals surface area (Å²) in [6.07, 6.45) is 4.65. The molecule has 0 saturated carbocycles. The molecule has 3 rings (SSSR count). The molecule has 1 saturated heterocycles. The molecule has 2 aromatic rings. The molecular formula is C26H31N3O4S. The SMILES string of the molecule is O=C(CCC(=O)OCCCc1ccccc1)NC(=S)Nc1ccccc1C(=O)N1CCCCC1. The number of ether oxygens (including phenoxy) is 1. The first-order valence-electron chi connectivity index (χ1n) is 11.7. The molecule has 1 fully saturated rings. The fourth-order valence-corrected chi connectivity index (χ4v) is 4.01. The van der Waals surface area contributed by atoms with Crippen molar-refractivity contribution in [2.75, 3.05) is 25.0 Å². The number of carbonyl (C=O) groups is 3. The number of carbonyl (C=O) groups excluding carboxylic acids is 3. The molecule has 1 aliphatic rings. The number of hydrogen-bond acceptors (Lipinski definition) is 5. The Kier molecular flexibility index (Phi) is 10.0. The first kappa shape index (κ1) is 25.4. The van der Waals surface area contributed by atoms with Crippen LogP contribution in [-0.2, 0) is 20.7 Å². The summed E-state index contributed by atoms with van der Waals surface area (Å²) in [5.41, 5.74) is 2.25. The molecule has 0 radical (unpaired) electrons. The second-order valence-corrected chi connectivity index (χ2v) is 8.62. The third-order valence-electron chi connectivity index (χ3n) is 5.57. The monoisotopic (exact) mass is 481 g/mol. The third kappa shape index (κ3) is 8.26. The number of piperidine rings is 1. The summed E-state index contributed by atoms with van der Waals surface area (Å²) in [7, 11) is 0. The summed E-state index contributed by atoms with van der Waals surface area (Å²) in [6, 6.07) is 17.1. The normalized spacial score (nSPS) is 13.1. The van der Waals surface area contributed by atoms with Gasteiger partial charge in [-0.3, -0.25) is 14.4 Å². The van der Waals surface area contributed by atoms with Crippen molar-refractivity contribution >= 4 is 40.8 Å². The van der Waals surface area contributed by atoms with Gasteiger partial charge in [0.05, 0.1) is 24.3 Å². The summed E-state index contributed by atoms with van der Waals surface area (Å²) in [5.74, 6) is -0.856. The first-order chi connectivity index (χ1) is 16.5. The molecule has 0 unspecified atom stereocenters. The van der Waals surface area contributed by atoms with E-state index in [9.17, 15) is 14.4 Å². The Morgan fingerprint density at radius 3 is 2.38 bits per heavy atom. The standard InChI is InChI=1S/C26H31N3O4S/c30-23(15-16-24(31)33-19-9-12-20-10-3-1-4-11-20)28-26(34)27-22-14-6-5-13-21(22)25(32)29-17-7-2-8-18-29/h1,3-6,10-11,13-14H,2,7-9,12,15-19H2,(H2,27,28,30,34). The van der Waals surface area contributed by atoms with E-state index in [2.05, 4.69) is 10.6 Å². The molecule has 8 heteroatoms. The zero-order valence-corrected chi connectivity index (χ0v) is 20.1. The van der Waals surface area contributed by atoms with Gasteiger partial charge < -0.3 is 20.3 Å². The lowest BCUT2D eigenvalue weighted by Gasteiger charge is -2.27. The van der Waals surface area contributed by atoms with Crippen LogP contribution in [0.4, 0.5) is 5.69 Å². The van der Waals surface area contributed by atoms with Crippen molar-refractivity contribution < 1.29 is 19.1 Å². The average molecular weight is 482 g/mol. The van der Waals surface area contributed by atoms with Crippen LogP contribution < -0.4 is 10.6 Å². The number of likely N-dealkylation sites (tertiary alicyclic amines) is 1. The van der Waals surface area contributed by atoms with Crippen molar-refractivity contribution in [3.8, 4) is 0 Å². The fraction of sp³-hybridized carbons (Fsp3) is 0.385. The lowest BCUT2D eigenvalue weighted by atomic mass is 10.1. The van der Waals surface area contributed by atoms with E-state index in [4.69, 9.17) is 17.0 Å². The predicted molar refractivity (Wildman–Crippen MR) is 136 cm³/mol. The molecule has 34 heavy (non-hydrogen) atoms. The van der Waals surface area contributed by atoms with Gasteiger partial charge in [0.25, 0.3) is 5.91 Å². The Morgan fingerprint density at radius 1 is 0.912 bits per heavy atom. The van der Waals surface area contributed by atoms with Crippen LogP contribution in [0, 0.1) is 0 Å². The molecule has 1 aliphatic heterocycles. The second kappa shape index (κ2) is 13.4. The summed E-state index contributed by atoms with van der Waals surface area (Å²) < 4.78 is 5.20. The van der Waals surface area contributed by atoms with E-state index in [-0.39, 0.29) is 23.9 Å². The minimum absolute atomic E-state index is 0.0240. The van der Waals surface area contributed by atoms with Crippen LogP contribution in [0.1, 0.15) is 54.4 Å². The number of benzene rings is 2. The Balaban J connectivity index is 1.38. The van der Waals surface area contributed by atoms with Gasteiger partial charge in [0.1, 0.15) is 0 Å². The van der Waals surface area contributed by atoms with Gasteiger partial charge in [0, 0.05) is 19.5 Å². The number of amides is 2. The minimum atomic E-state index is -0.417. The Bertz CT molecular complexity index is 991. The number of esters is 1. The Hall–Kier alpha value is -3.26. The average Bonchev–Trinajstić information content (AvgIpc) is 2.86. The highest BCUT2D eigenvalue weighted by Crippen LogP contribution is 2.20. The highest BCUT2D eigenvalue weighted by atomic mass is 32.1. The zero-order chi connectivity index (χ0) is 24.2. The van der Waals surface area contributed by atoms with E-state index in [1.807, 2.05) is 35.2 Å². The van der Waals surface area contributed by atoms with Gasteiger partial charge in [-0.25, -0.2) is 0 Å². The maximum Gasteiger partial charge on any atom is 0.306 e. The molecule has 0 spiro atoms. The second-order valence-electron chi connectivity index (χ2n) is 8.21. The number of hydrogen-bond donors (Lipinski definition) is 2. The van der Waals surface area contributed by atoms with E-state index in [1.54, 1.807) is 24.3 Å². The summed E-state index contributed by atoms with van der Waals surface area (Å²) in [4.78, 5) is 38.9. The number of aryl methyl sites for hydroxylation is 1. The van der Waals surface area contributed by atoms with Gasteiger partial charge in [-0.05, 0) is 62.0 Å². The van der Waals surface area contributed by atoms with Crippen molar-refractivity contribution in [1.29, 1.82) is 0 Å². The smallest absolute Gasteiger partial charge is 0.306 e. The zero-order valence-electron chi connectivity index (χ0n) is 19.3. The molecule has 0 aliphatic carbocycles. The van der Waals surface area contributed by atoms with Gasteiger partial charge in [0.15, 0.2) is 5.11 Å². The quantitative estimate of drug-likeness (QED) is 0.319. The van der Waals surface area contributed by atoms with Gasteiger partial charge in [0.2, 0.25) is 5.91 Å². The third-order valence-corrected chi connectivity index (χ3v) is 5.78. The fourth-order valence-electron chi connectivity index (χ4n) is 3.78. The van der Waals surface area contributed by atoms with E-state index >= 15 is 0 Å². The largest absolute Gasteiger partial charge is 0.466 e. The molecule has 0 bridgehead atoms. The van der Waals surface area contributed by atoms with Crippen molar-refractivity contribution in [2.45, 2.75) is 44.9 Å². The molecular weight excluding hydrogens is 450 g/mol. The van der Waals surface area contributed by atoms with Gasteiger partial charge in [-0.15, -0.1) is 0 Å². The Labute approximate surface area is 205 Å². The van der Waals surface area contributed by atoms with E-state index in [0.29, 0.717) is 17.9 Å². The highest BCUT2D eigenvalue weighted by molar-refractivity contribution is 7.80. The van der Waals surface area contributed by atoms with Crippen LogP contribution in [0.3, 0.4) is 0 Å². The lowest BCUT2D eigenvalue weighted by molar-refractivity contribution is -0.145. The summed E-state index contributed by atoms with van der Waals surface area (Å²) in [5, 5.41) is 5.59. The number of rotatable bonds is 9. The maximum absolute atomic E-state index is 12.9. The molecule has 2 aromatic carbocycles. The summed E-state index contributed by atoms with van der Waals surface area (Å²) >= 11 is 5.24. The molecule has 0 atom stereocenters. The summed E-state index contributed by atoms with van der Waals surface area (Å²) in [6.45, 7) is 1.81. The Morgan fingerprint density at radius 2 is 1.62 bits per heavy atom. The maximum atomic E-state index is 12.9. The molecule has 2 N–H and O–H groups in total. The number of para-hydroxylation sites is 1. The van der Waals surface area contributed by atoms with Crippen LogP contribution >= 0.6 is 12.2 Å².